The second kappa shape index (κ2) is 7.08. The van der Waals surface area contributed by atoms with E-state index >= 15 is 0 Å². The lowest BCUT2D eigenvalue weighted by Gasteiger charge is -2.14. The van der Waals surface area contributed by atoms with Crippen molar-refractivity contribution in [2.75, 3.05) is 21.3 Å². The Bertz CT molecular complexity index is 411. The molecule has 1 unspecified atom stereocenters. The minimum absolute atomic E-state index is 0.399. The second-order valence-corrected chi connectivity index (χ2v) is 3.80. The summed E-state index contributed by atoms with van der Waals surface area (Å²) >= 11 is 5.52. The molecule has 0 aliphatic rings. The molecule has 100 valence electrons. The van der Waals surface area contributed by atoms with Crippen molar-refractivity contribution in [2.45, 2.75) is 12.5 Å². The van der Waals surface area contributed by atoms with Gasteiger partial charge in [-0.05, 0) is 35.9 Å². The molecule has 1 atom stereocenters. The Morgan fingerprint density at radius 3 is 2.44 bits per heavy atom. The monoisotopic (exact) mass is 273 g/mol. The summed E-state index contributed by atoms with van der Waals surface area (Å²) < 4.78 is 15.0. The first-order valence-electron chi connectivity index (χ1n) is 5.31. The third kappa shape index (κ3) is 3.51. The first-order valence-corrected chi connectivity index (χ1v) is 5.69. The number of methoxy groups -OCH3 is 3. The van der Waals surface area contributed by atoms with Crippen LogP contribution in [0.25, 0.3) is 0 Å². The number of benzene rings is 1. The average Bonchev–Trinajstić information content (AvgIpc) is 2.43. The minimum atomic E-state index is -0.602. The largest absolute Gasteiger partial charge is 0.493 e. The number of halogens is 1. The quantitative estimate of drug-likeness (QED) is 0.629. The molecule has 0 fully saturated rings. The molecule has 0 amide bonds. The van der Waals surface area contributed by atoms with Gasteiger partial charge in [0.1, 0.15) is 6.04 Å². The molecular weight excluding hydrogens is 258 g/mol. The van der Waals surface area contributed by atoms with Crippen molar-refractivity contribution in [2.24, 2.45) is 0 Å². The standard InChI is InChI=1S/C12H16ClNO4/c1-16-10-5-4-8(7-11(10)17-2)6-9(14-13)12(15)18-3/h4-5,7,9,14H,6H2,1-3H3. The summed E-state index contributed by atoms with van der Waals surface area (Å²) in [6.45, 7) is 0. The zero-order valence-corrected chi connectivity index (χ0v) is 11.3. The zero-order chi connectivity index (χ0) is 13.5. The van der Waals surface area contributed by atoms with Crippen molar-refractivity contribution >= 4 is 17.7 Å². The van der Waals surface area contributed by atoms with Gasteiger partial charge in [0.15, 0.2) is 11.5 Å². The molecule has 0 radical (unpaired) electrons. The molecular formula is C12H16ClNO4. The van der Waals surface area contributed by atoms with Crippen molar-refractivity contribution in [3.8, 4) is 11.5 Å². The average molecular weight is 274 g/mol. The predicted molar refractivity (Wildman–Crippen MR) is 68.0 cm³/mol. The third-order valence-corrected chi connectivity index (χ3v) is 2.77. The van der Waals surface area contributed by atoms with Crippen molar-refractivity contribution in [1.82, 2.24) is 4.84 Å². The first kappa shape index (κ1) is 14.6. The molecule has 0 aromatic heterocycles. The Labute approximate surface area is 111 Å². The number of esters is 1. The smallest absolute Gasteiger partial charge is 0.324 e. The predicted octanol–water partition coefficient (Wildman–Crippen LogP) is 1.53. The van der Waals surface area contributed by atoms with Crippen LogP contribution in [0.4, 0.5) is 0 Å². The third-order valence-electron chi connectivity index (χ3n) is 2.51. The van der Waals surface area contributed by atoms with Crippen molar-refractivity contribution in [1.29, 1.82) is 0 Å². The van der Waals surface area contributed by atoms with Crippen LogP contribution in [0.2, 0.25) is 0 Å². The van der Waals surface area contributed by atoms with Gasteiger partial charge in [0.2, 0.25) is 0 Å². The van der Waals surface area contributed by atoms with Gasteiger partial charge < -0.3 is 14.2 Å². The molecule has 1 N–H and O–H groups in total. The molecule has 0 spiro atoms. The van der Waals surface area contributed by atoms with E-state index < -0.39 is 12.0 Å². The van der Waals surface area contributed by atoms with E-state index in [2.05, 4.69) is 9.57 Å². The van der Waals surface area contributed by atoms with Gasteiger partial charge in [-0.1, -0.05) is 6.07 Å². The molecule has 18 heavy (non-hydrogen) atoms. The molecule has 0 aliphatic carbocycles. The van der Waals surface area contributed by atoms with Gasteiger partial charge in [-0.3, -0.25) is 4.79 Å². The summed E-state index contributed by atoms with van der Waals surface area (Å²) in [4.78, 5) is 13.8. The highest BCUT2D eigenvalue weighted by Crippen LogP contribution is 2.28. The van der Waals surface area contributed by atoms with Gasteiger partial charge in [0.05, 0.1) is 21.3 Å². The molecule has 0 aliphatic heterocycles. The molecule has 0 heterocycles. The van der Waals surface area contributed by atoms with Gasteiger partial charge in [-0.2, -0.15) is 0 Å². The fourth-order valence-electron chi connectivity index (χ4n) is 1.55. The molecule has 1 aromatic carbocycles. The number of carbonyl (C=O) groups excluding carboxylic acids is 1. The Morgan fingerprint density at radius 2 is 1.94 bits per heavy atom. The van der Waals surface area contributed by atoms with Gasteiger partial charge in [0, 0.05) is 0 Å². The van der Waals surface area contributed by atoms with Gasteiger partial charge in [-0.25, -0.2) is 4.84 Å². The number of hydrogen-bond donors (Lipinski definition) is 1. The van der Waals surface area contributed by atoms with Crippen molar-refractivity contribution in [3.05, 3.63) is 23.8 Å². The van der Waals surface area contributed by atoms with Crippen LogP contribution in [0.5, 0.6) is 11.5 Å². The maximum absolute atomic E-state index is 11.4. The molecule has 1 rings (SSSR count). The van der Waals surface area contributed by atoms with Gasteiger partial charge >= 0.3 is 5.97 Å². The summed E-state index contributed by atoms with van der Waals surface area (Å²) in [6, 6.07) is 4.81. The summed E-state index contributed by atoms with van der Waals surface area (Å²) in [5.41, 5.74) is 0.885. The highest BCUT2D eigenvalue weighted by molar-refractivity contribution is 6.14. The maximum Gasteiger partial charge on any atom is 0.324 e. The van der Waals surface area contributed by atoms with E-state index in [1.54, 1.807) is 26.4 Å². The van der Waals surface area contributed by atoms with E-state index in [0.29, 0.717) is 17.9 Å². The lowest BCUT2D eigenvalue weighted by Crippen LogP contribution is -2.34. The van der Waals surface area contributed by atoms with Crippen LogP contribution in [0.3, 0.4) is 0 Å². The first-order chi connectivity index (χ1) is 8.65. The Kier molecular flexibility index (Phi) is 5.74. The van der Waals surface area contributed by atoms with E-state index in [1.165, 1.54) is 7.11 Å². The molecule has 0 bridgehead atoms. The second-order valence-electron chi connectivity index (χ2n) is 3.58. The summed E-state index contributed by atoms with van der Waals surface area (Å²) in [7, 11) is 4.44. The van der Waals surface area contributed by atoms with Crippen LogP contribution in [0, 0.1) is 0 Å². The SMILES string of the molecule is COC(=O)C(Cc1ccc(OC)c(OC)c1)NCl. The highest BCUT2D eigenvalue weighted by Gasteiger charge is 2.19. The Hall–Kier alpha value is -1.46. The zero-order valence-electron chi connectivity index (χ0n) is 10.5. The maximum atomic E-state index is 11.4. The fourth-order valence-corrected chi connectivity index (χ4v) is 1.72. The molecule has 1 aromatic rings. The lowest BCUT2D eigenvalue weighted by molar-refractivity contribution is -0.142. The van der Waals surface area contributed by atoms with E-state index in [-0.39, 0.29) is 0 Å². The van der Waals surface area contributed by atoms with Crippen LogP contribution in [0.1, 0.15) is 5.56 Å². The topological polar surface area (TPSA) is 56.8 Å². The number of ether oxygens (including phenoxy) is 3. The number of hydrogen-bond acceptors (Lipinski definition) is 5. The number of carbonyl (C=O) groups is 1. The van der Waals surface area contributed by atoms with E-state index in [4.69, 9.17) is 21.3 Å². The van der Waals surface area contributed by atoms with Crippen LogP contribution in [-0.4, -0.2) is 33.3 Å². The lowest BCUT2D eigenvalue weighted by atomic mass is 10.1. The van der Waals surface area contributed by atoms with E-state index in [0.717, 1.165) is 5.56 Å². The van der Waals surface area contributed by atoms with Crippen molar-refractivity contribution < 1.29 is 19.0 Å². The van der Waals surface area contributed by atoms with Crippen molar-refractivity contribution in [3.63, 3.8) is 0 Å². The van der Waals surface area contributed by atoms with Crippen LogP contribution in [-0.2, 0) is 16.0 Å². The van der Waals surface area contributed by atoms with Gasteiger partial charge in [-0.15, -0.1) is 0 Å². The summed E-state index contributed by atoms with van der Waals surface area (Å²) in [6.07, 6.45) is 0.399. The molecule has 0 saturated heterocycles. The number of nitrogens with one attached hydrogen (secondary N) is 1. The summed E-state index contributed by atoms with van der Waals surface area (Å²) in [5, 5.41) is 0. The Balaban J connectivity index is 2.87. The van der Waals surface area contributed by atoms with Crippen LogP contribution >= 0.6 is 11.8 Å². The fraction of sp³-hybridized carbons (Fsp3) is 0.417. The van der Waals surface area contributed by atoms with Gasteiger partial charge in [0.25, 0.3) is 0 Å². The molecule has 5 nitrogen and oxygen atoms in total. The summed E-state index contributed by atoms with van der Waals surface area (Å²) in [5.74, 6) is 0.822. The van der Waals surface area contributed by atoms with Crippen LogP contribution in [0.15, 0.2) is 18.2 Å². The van der Waals surface area contributed by atoms with E-state index in [9.17, 15) is 4.79 Å². The molecule has 0 saturated carbocycles. The Morgan fingerprint density at radius 1 is 1.28 bits per heavy atom. The minimum Gasteiger partial charge on any atom is -0.493 e. The van der Waals surface area contributed by atoms with E-state index in [1.807, 2.05) is 6.07 Å². The molecule has 6 heteroatoms. The number of rotatable bonds is 6. The van der Waals surface area contributed by atoms with Crippen LogP contribution < -0.4 is 14.3 Å². The normalized spacial score (nSPS) is 11.8. The highest BCUT2D eigenvalue weighted by atomic mass is 35.5.